The van der Waals surface area contributed by atoms with Gasteiger partial charge in [0, 0.05) is 19.1 Å². The number of nitrogens with one attached hydrogen (secondary N) is 2. The largest absolute Gasteiger partial charge is 0.481 e. The van der Waals surface area contributed by atoms with Crippen LogP contribution in [0.3, 0.4) is 0 Å². The SMILES string of the molecule is O=C(O)CC1C(=O)NCCN1C(=O)NC1CCCCCC1. The van der Waals surface area contributed by atoms with Gasteiger partial charge in [0.1, 0.15) is 6.04 Å². The lowest BCUT2D eigenvalue weighted by Gasteiger charge is -2.35. The van der Waals surface area contributed by atoms with Gasteiger partial charge in [0.2, 0.25) is 5.91 Å². The van der Waals surface area contributed by atoms with E-state index in [1.165, 1.54) is 17.7 Å². The fraction of sp³-hybridized carbons (Fsp3) is 0.786. The minimum absolute atomic E-state index is 0.135. The van der Waals surface area contributed by atoms with Gasteiger partial charge in [-0.25, -0.2) is 4.79 Å². The molecular weight excluding hydrogens is 274 g/mol. The predicted octanol–water partition coefficient (Wildman–Crippen LogP) is 0.694. The average molecular weight is 297 g/mol. The van der Waals surface area contributed by atoms with Crippen molar-refractivity contribution in [1.82, 2.24) is 15.5 Å². The smallest absolute Gasteiger partial charge is 0.318 e. The Morgan fingerprint density at radius 2 is 1.90 bits per heavy atom. The standard InChI is InChI=1S/C14H23N3O4/c18-12(19)9-11-13(20)15-7-8-17(11)14(21)16-10-5-3-1-2-4-6-10/h10-11H,1-9H2,(H,15,20)(H,16,21)(H,18,19). The van der Waals surface area contributed by atoms with Gasteiger partial charge in [-0.3, -0.25) is 9.59 Å². The second-order valence-corrected chi connectivity index (χ2v) is 5.74. The Bertz CT molecular complexity index is 405. The first-order chi connectivity index (χ1) is 10.1. The highest BCUT2D eigenvalue weighted by Gasteiger charge is 2.35. The number of rotatable bonds is 3. The molecule has 7 heteroatoms. The summed E-state index contributed by atoms with van der Waals surface area (Å²) in [5.41, 5.74) is 0. The van der Waals surface area contributed by atoms with Crippen LogP contribution in [0.4, 0.5) is 4.79 Å². The van der Waals surface area contributed by atoms with Crippen LogP contribution in [0.2, 0.25) is 0 Å². The lowest BCUT2D eigenvalue weighted by molar-refractivity contribution is -0.142. The molecule has 118 valence electrons. The number of piperazine rings is 1. The third-order valence-electron chi connectivity index (χ3n) is 4.14. The molecule has 1 unspecified atom stereocenters. The molecule has 1 atom stereocenters. The van der Waals surface area contributed by atoms with Crippen LogP contribution < -0.4 is 10.6 Å². The minimum Gasteiger partial charge on any atom is -0.481 e. The molecule has 0 spiro atoms. The minimum atomic E-state index is -1.08. The molecule has 0 aromatic rings. The van der Waals surface area contributed by atoms with Crippen molar-refractivity contribution in [3.63, 3.8) is 0 Å². The van der Waals surface area contributed by atoms with Crippen LogP contribution in [0.1, 0.15) is 44.9 Å². The van der Waals surface area contributed by atoms with Crippen LogP contribution in [0, 0.1) is 0 Å². The number of hydrogen-bond donors (Lipinski definition) is 3. The summed E-state index contributed by atoms with van der Waals surface area (Å²) >= 11 is 0. The Morgan fingerprint density at radius 1 is 1.24 bits per heavy atom. The van der Waals surface area contributed by atoms with Crippen molar-refractivity contribution in [2.24, 2.45) is 0 Å². The molecule has 2 rings (SSSR count). The van der Waals surface area contributed by atoms with Gasteiger partial charge >= 0.3 is 12.0 Å². The number of nitrogens with zero attached hydrogens (tertiary/aromatic N) is 1. The van der Waals surface area contributed by atoms with Crippen molar-refractivity contribution >= 4 is 17.9 Å². The first-order valence-corrected chi connectivity index (χ1v) is 7.64. The van der Waals surface area contributed by atoms with E-state index in [0.717, 1.165) is 25.7 Å². The molecule has 0 radical (unpaired) electrons. The monoisotopic (exact) mass is 297 g/mol. The number of carbonyl (C=O) groups is 3. The summed E-state index contributed by atoms with van der Waals surface area (Å²) in [4.78, 5) is 36.4. The first kappa shape index (κ1) is 15.6. The van der Waals surface area contributed by atoms with Crippen molar-refractivity contribution in [3.8, 4) is 0 Å². The van der Waals surface area contributed by atoms with E-state index in [1.54, 1.807) is 0 Å². The van der Waals surface area contributed by atoms with Crippen molar-refractivity contribution in [2.75, 3.05) is 13.1 Å². The van der Waals surface area contributed by atoms with Gasteiger partial charge in [0.15, 0.2) is 0 Å². The van der Waals surface area contributed by atoms with Crippen LogP contribution in [0.15, 0.2) is 0 Å². The molecule has 3 amide bonds. The molecule has 3 N–H and O–H groups in total. The van der Waals surface area contributed by atoms with Crippen LogP contribution in [-0.2, 0) is 9.59 Å². The average Bonchev–Trinajstić information content (AvgIpc) is 2.69. The molecule has 7 nitrogen and oxygen atoms in total. The van der Waals surface area contributed by atoms with Crippen LogP contribution in [0.5, 0.6) is 0 Å². The Morgan fingerprint density at radius 3 is 2.52 bits per heavy atom. The number of hydrogen-bond acceptors (Lipinski definition) is 3. The topological polar surface area (TPSA) is 98.7 Å². The maximum atomic E-state index is 12.4. The Balaban J connectivity index is 1.97. The number of carbonyl (C=O) groups excluding carboxylic acids is 2. The van der Waals surface area contributed by atoms with Crippen molar-refractivity contribution in [3.05, 3.63) is 0 Å². The van der Waals surface area contributed by atoms with Crippen LogP contribution in [-0.4, -0.2) is 53.1 Å². The van der Waals surface area contributed by atoms with E-state index in [9.17, 15) is 14.4 Å². The molecule has 2 fully saturated rings. The summed E-state index contributed by atoms with van der Waals surface area (Å²) in [6.45, 7) is 0.718. The van der Waals surface area contributed by atoms with E-state index in [2.05, 4.69) is 10.6 Å². The summed E-state index contributed by atoms with van der Waals surface area (Å²) in [6.07, 6.45) is 6.14. The lowest BCUT2D eigenvalue weighted by atomic mass is 10.1. The zero-order valence-corrected chi connectivity index (χ0v) is 12.1. The van der Waals surface area contributed by atoms with Crippen molar-refractivity contribution in [2.45, 2.75) is 57.0 Å². The zero-order chi connectivity index (χ0) is 15.2. The first-order valence-electron chi connectivity index (χ1n) is 7.64. The van der Waals surface area contributed by atoms with Crippen molar-refractivity contribution < 1.29 is 19.5 Å². The molecule has 0 aromatic carbocycles. The third-order valence-corrected chi connectivity index (χ3v) is 4.14. The highest BCUT2D eigenvalue weighted by Crippen LogP contribution is 2.18. The normalized spacial score (nSPS) is 24.1. The summed E-state index contributed by atoms with van der Waals surface area (Å²) in [7, 11) is 0. The second-order valence-electron chi connectivity index (χ2n) is 5.74. The summed E-state index contributed by atoms with van der Waals surface area (Å²) in [6, 6.07) is -1.10. The van der Waals surface area contributed by atoms with Gasteiger partial charge in [0.25, 0.3) is 0 Å². The molecule has 1 saturated carbocycles. The quantitative estimate of drug-likeness (QED) is 0.668. The van der Waals surface area contributed by atoms with Gasteiger partial charge in [-0.15, -0.1) is 0 Å². The zero-order valence-electron chi connectivity index (χ0n) is 12.1. The van der Waals surface area contributed by atoms with Gasteiger partial charge in [-0.1, -0.05) is 25.7 Å². The fourth-order valence-corrected chi connectivity index (χ4v) is 3.01. The molecule has 2 aliphatic rings. The molecule has 0 aromatic heterocycles. The molecular formula is C14H23N3O4. The number of carboxylic acid groups (broad SMARTS) is 1. The molecule has 1 saturated heterocycles. The lowest BCUT2D eigenvalue weighted by Crippen LogP contribution is -2.60. The molecule has 1 aliphatic carbocycles. The summed E-state index contributed by atoms with van der Waals surface area (Å²) in [5.74, 6) is -1.47. The van der Waals surface area contributed by atoms with E-state index in [1.807, 2.05) is 0 Å². The van der Waals surface area contributed by atoms with Gasteiger partial charge in [0.05, 0.1) is 6.42 Å². The Hall–Kier alpha value is -1.79. The molecule has 0 bridgehead atoms. The van der Waals surface area contributed by atoms with E-state index in [-0.39, 0.29) is 24.4 Å². The molecule has 21 heavy (non-hydrogen) atoms. The van der Waals surface area contributed by atoms with Gasteiger partial charge in [-0.2, -0.15) is 0 Å². The molecule has 1 aliphatic heterocycles. The van der Waals surface area contributed by atoms with E-state index in [4.69, 9.17) is 5.11 Å². The Labute approximate surface area is 124 Å². The number of aliphatic carboxylic acids is 1. The van der Waals surface area contributed by atoms with E-state index >= 15 is 0 Å². The number of amides is 3. The van der Waals surface area contributed by atoms with Crippen LogP contribution in [0.25, 0.3) is 0 Å². The maximum Gasteiger partial charge on any atom is 0.318 e. The highest BCUT2D eigenvalue weighted by molar-refractivity contribution is 5.91. The number of carboxylic acids is 1. The molecule has 1 heterocycles. The fourth-order valence-electron chi connectivity index (χ4n) is 3.01. The number of urea groups is 1. The summed E-state index contributed by atoms with van der Waals surface area (Å²) in [5, 5.41) is 14.5. The van der Waals surface area contributed by atoms with Gasteiger partial charge < -0.3 is 20.6 Å². The second kappa shape index (κ2) is 7.28. The Kier molecular flexibility index (Phi) is 5.41. The van der Waals surface area contributed by atoms with E-state index in [0.29, 0.717) is 13.1 Å². The van der Waals surface area contributed by atoms with Gasteiger partial charge in [-0.05, 0) is 12.8 Å². The van der Waals surface area contributed by atoms with Crippen LogP contribution >= 0.6 is 0 Å². The summed E-state index contributed by atoms with van der Waals surface area (Å²) < 4.78 is 0. The van der Waals surface area contributed by atoms with Crippen molar-refractivity contribution in [1.29, 1.82) is 0 Å². The van der Waals surface area contributed by atoms with E-state index < -0.39 is 12.0 Å². The maximum absolute atomic E-state index is 12.4. The third kappa shape index (κ3) is 4.34. The predicted molar refractivity (Wildman–Crippen MR) is 75.8 cm³/mol. The highest BCUT2D eigenvalue weighted by atomic mass is 16.4.